The zero-order valence-electron chi connectivity index (χ0n) is 15.5. The number of aromatic carboxylic acids is 1. The number of benzene rings is 2. The van der Waals surface area contributed by atoms with Gasteiger partial charge >= 0.3 is 5.97 Å². The molecule has 5 heteroatoms. The number of hydrogen-bond acceptors (Lipinski definition) is 3. The Kier molecular flexibility index (Phi) is 6.24. The van der Waals surface area contributed by atoms with Crippen molar-refractivity contribution in [2.24, 2.45) is 5.92 Å². The molecule has 1 fully saturated rings. The Morgan fingerprint density at radius 1 is 1.11 bits per heavy atom. The normalized spacial score (nSPS) is 19.4. The van der Waals surface area contributed by atoms with Crippen LogP contribution in [0.25, 0.3) is 0 Å². The van der Waals surface area contributed by atoms with E-state index in [9.17, 15) is 9.59 Å². The van der Waals surface area contributed by atoms with Gasteiger partial charge in [-0.25, -0.2) is 4.79 Å². The van der Waals surface area contributed by atoms with Crippen LogP contribution in [0.3, 0.4) is 0 Å². The zero-order chi connectivity index (χ0) is 19.2. The van der Waals surface area contributed by atoms with Crippen LogP contribution in [0.15, 0.2) is 48.5 Å². The van der Waals surface area contributed by atoms with Gasteiger partial charge in [-0.1, -0.05) is 42.0 Å². The molecule has 1 heterocycles. The molecule has 1 aliphatic heterocycles. The summed E-state index contributed by atoms with van der Waals surface area (Å²) in [7, 11) is 0. The highest BCUT2D eigenvalue weighted by molar-refractivity contribution is 5.87. The molecule has 2 aromatic rings. The van der Waals surface area contributed by atoms with Gasteiger partial charge in [0, 0.05) is 13.2 Å². The Morgan fingerprint density at radius 3 is 2.48 bits per heavy atom. The molecule has 2 atom stereocenters. The minimum atomic E-state index is -0.936. The molecule has 0 aliphatic carbocycles. The smallest absolute Gasteiger partial charge is 0.335 e. The monoisotopic (exact) mass is 367 g/mol. The van der Waals surface area contributed by atoms with E-state index < -0.39 is 5.97 Å². The summed E-state index contributed by atoms with van der Waals surface area (Å²) in [6, 6.07) is 14.9. The number of hydrogen-bond donors (Lipinski definition) is 2. The number of amides is 1. The maximum absolute atomic E-state index is 12.7. The fourth-order valence-corrected chi connectivity index (χ4v) is 3.41. The predicted octanol–water partition coefficient (Wildman–Crippen LogP) is 3.52. The van der Waals surface area contributed by atoms with Crippen LogP contribution in [0.2, 0.25) is 0 Å². The number of nitrogens with one attached hydrogen (secondary N) is 1. The van der Waals surface area contributed by atoms with E-state index in [0.29, 0.717) is 19.6 Å². The van der Waals surface area contributed by atoms with Crippen LogP contribution in [0, 0.1) is 12.8 Å². The number of carboxylic acids is 1. The molecule has 2 aromatic carbocycles. The van der Waals surface area contributed by atoms with Gasteiger partial charge in [-0.15, -0.1) is 0 Å². The van der Waals surface area contributed by atoms with Crippen molar-refractivity contribution >= 4 is 11.9 Å². The van der Waals surface area contributed by atoms with Crippen LogP contribution in [-0.4, -0.2) is 30.1 Å². The van der Waals surface area contributed by atoms with Crippen molar-refractivity contribution in [2.45, 2.75) is 32.3 Å². The van der Waals surface area contributed by atoms with Crippen molar-refractivity contribution in [1.29, 1.82) is 0 Å². The largest absolute Gasteiger partial charge is 0.478 e. The highest BCUT2D eigenvalue weighted by Gasteiger charge is 2.32. The average Bonchev–Trinajstić information content (AvgIpc) is 2.69. The lowest BCUT2D eigenvalue weighted by Gasteiger charge is -2.31. The number of carboxylic acid groups (broad SMARTS) is 1. The molecule has 0 spiro atoms. The molecular weight excluding hydrogens is 342 g/mol. The second-order valence-corrected chi connectivity index (χ2v) is 6.99. The lowest BCUT2D eigenvalue weighted by Crippen LogP contribution is -2.38. The molecule has 0 saturated carbocycles. The van der Waals surface area contributed by atoms with Crippen LogP contribution in [0.5, 0.6) is 0 Å². The first-order chi connectivity index (χ1) is 13.0. The van der Waals surface area contributed by atoms with Gasteiger partial charge in [-0.05, 0) is 49.4 Å². The molecule has 0 radical (unpaired) electrons. The summed E-state index contributed by atoms with van der Waals surface area (Å²) in [6.07, 6.45) is 2.16. The quantitative estimate of drug-likeness (QED) is 0.819. The topological polar surface area (TPSA) is 75.6 Å². The number of aryl methyl sites for hydroxylation is 1. The van der Waals surface area contributed by atoms with Gasteiger partial charge in [-0.3, -0.25) is 4.79 Å². The van der Waals surface area contributed by atoms with E-state index in [4.69, 9.17) is 9.84 Å². The van der Waals surface area contributed by atoms with Gasteiger partial charge in [-0.2, -0.15) is 0 Å². The van der Waals surface area contributed by atoms with E-state index in [1.807, 2.05) is 31.2 Å². The first kappa shape index (κ1) is 19.1. The summed E-state index contributed by atoms with van der Waals surface area (Å²) >= 11 is 0. The molecule has 0 bridgehead atoms. The first-order valence-corrected chi connectivity index (χ1v) is 9.33. The maximum Gasteiger partial charge on any atom is 0.335 e. The van der Waals surface area contributed by atoms with Gasteiger partial charge in [0.15, 0.2) is 0 Å². The lowest BCUT2D eigenvalue weighted by molar-refractivity contribution is -0.134. The fourth-order valence-electron chi connectivity index (χ4n) is 3.41. The van der Waals surface area contributed by atoms with Gasteiger partial charge < -0.3 is 15.2 Å². The van der Waals surface area contributed by atoms with Crippen molar-refractivity contribution in [3.63, 3.8) is 0 Å². The third-order valence-corrected chi connectivity index (χ3v) is 4.98. The van der Waals surface area contributed by atoms with Crippen molar-refractivity contribution in [3.05, 3.63) is 70.8 Å². The summed E-state index contributed by atoms with van der Waals surface area (Å²) in [6.45, 7) is 3.24. The molecule has 2 unspecified atom stereocenters. The highest BCUT2D eigenvalue weighted by atomic mass is 16.5. The number of carbonyl (C=O) groups is 2. The molecule has 1 aliphatic rings. The van der Waals surface area contributed by atoms with E-state index in [2.05, 4.69) is 5.32 Å². The number of carbonyl (C=O) groups excluding carboxylic acids is 1. The highest BCUT2D eigenvalue weighted by Crippen LogP contribution is 2.33. The number of rotatable bonds is 6. The Balaban J connectivity index is 1.57. The second kappa shape index (κ2) is 8.82. The lowest BCUT2D eigenvalue weighted by atomic mass is 9.88. The van der Waals surface area contributed by atoms with Crippen LogP contribution < -0.4 is 5.32 Å². The van der Waals surface area contributed by atoms with Gasteiger partial charge in [0.25, 0.3) is 0 Å². The van der Waals surface area contributed by atoms with Crippen LogP contribution >= 0.6 is 0 Å². The van der Waals surface area contributed by atoms with Crippen LogP contribution in [0.1, 0.15) is 46.0 Å². The Labute approximate surface area is 159 Å². The minimum Gasteiger partial charge on any atom is -0.478 e. The molecule has 3 rings (SSSR count). The van der Waals surface area contributed by atoms with Crippen LogP contribution in [0.4, 0.5) is 0 Å². The van der Waals surface area contributed by atoms with E-state index in [0.717, 1.165) is 24.0 Å². The Hall–Kier alpha value is -2.66. The fraction of sp³-hybridized carbons (Fsp3) is 0.364. The van der Waals surface area contributed by atoms with Crippen LogP contribution in [-0.2, 0) is 16.0 Å². The maximum atomic E-state index is 12.7. The molecule has 5 nitrogen and oxygen atoms in total. The summed E-state index contributed by atoms with van der Waals surface area (Å²) in [5.74, 6) is -1.10. The minimum absolute atomic E-state index is 0.0161. The van der Waals surface area contributed by atoms with E-state index >= 15 is 0 Å². The van der Waals surface area contributed by atoms with Gasteiger partial charge in [0.2, 0.25) is 5.91 Å². The molecule has 0 aromatic heterocycles. The second-order valence-electron chi connectivity index (χ2n) is 6.99. The first-order valence-electron chi connectivity index (χ1n) is 9.33. The van der Waals surface area contributed by atoms with Gasteiger partial charge in [0.1, 0.15) is 0 Å². The Morgan fingerprint density at radius 2 is 1.81 bits per heavy atom. The standard InChI is InChI=1S/C22H25NO4/c1-15-4-8-17(9-5-15)20-19(3-2-14-27-20)21(24)23-13-12-16-6-10-18(11-7-16)22(25)26/h4-11,19-20H,2-3,12-14H2,1H3,(H,23,24)(H,25,26). The molecule has 1 amide bonds. The van der Waals surface area contributed by atoms with Crippen molar-refractivity contribution in [1.82, 2.24) is 5.32 Å². The molecule has 2 N–H and O–H groups in total. The van der Waals surface area contributed by atoms with Gasteiger partial charge in [0.05, 0.1) is 17.6 Å². The predicted molar refractivity (Wildman–Crippen MR) is 103 cm³/mol. The molecular formula is C22H25NO4. The average molecular weight is 367 g/mol. The third-order valence-electron chi connectivity index (χ3n) is 4.98. The summed E-state index contributed by atoms with van der Waals surface area (Å²) in [5, 5.41) is 11.9. The van der Waals surface area contributed by atoms with Crippen molar-refractivity contribution in [3.8, 4) is 0 Å². The summed E-state index contributed by atoms with van der Waals surface area (Å²) in [4.78, 5) is 23.6. The van der Waals surface area contributed by atoms with E-state index in [1.54, 1.807) is 24.3 Å². The summed E-state index contributed by atoms with van der Waals surface area (Å²) < 4.78 is 5.92. The third kappa shape index (κ3) is 4.95. The molecule has 142 valence electrons. The van der Waals surface area contributed by atoms with E-state index in [1.165, 1.54) is 5.56 Å². The molecule has 27 heavy (non-hydrogen) atoms. The number of ether oxygens (including phenoxy) is 1. The van der Waals surface area contributed by atoms with Crippen molar-refractivity contribution in [2.75, 3.05) is 13.2 Å². The Bertz CT molecular complexity index is 783. The SMILES string of the molecule is Cc1ccc(C2OCCCC2C(=O)NCCc2ccc(C(=O)O)cc2)cc1. The summed E-state index contributed by atoms with van der Waals surface area (Å²) in [5.41, 5.74) is 3.49. The zero-order valence-corrected chi connectivity index (χ0v) is 15.5. The molecule has 1 saturated heterocycles. The van der Waals surface area contributed by atoms with E-state index in [-0.39, 0.29) is 23.5 Å². The van der Waals surface area contributed by atoms with Crippen molar-refractivity contribution < 1.29 is 19.4 Å².